The van der Waals surface area contributed by atoms with Crippen LogP contribution >= 0.6 is 0 Å². The third kappa shape index (κ3) is 2.11. The molecule has 0 saturated carbocycles. The van der Waals surface area contributed by atoms with Gasteiger partial charge in [0, 0.05) is 12.2 Å². The molecule has 1 aromatic carbocycles. The average molecular weight is 283 g/mol. The van der Waals surface area contributed by atoms with Crippen LogP contribution in [0.2, 0.25) is 0 Å². The molecule has 5 nitrogen and oxygen atoms in total. The summed E-state index contributed by atoms with van der Waals surface area (Å²) in [6, 6.07) is 8.57. The van der Waals surface area contributed by atoms with Crippen LogP contribution < -0.4 is 5.69 Å². The van der Waals surface area contributed by atoms with Crippen LogP contribution in [0, 0.1) is 6.92 Å². The van der Waals surface area contributed by atoms with Gasteiger partial charge in [-0.15, -0.1) is 0 Å². The quantitative estimate of drug-likeness (QED) is 0.786. The lowest BCUT2D eigenvalue weighted by Crippen LogP contribution is -2.24. The Bertz CT molecular complexity index is 858. The lowest BCUT2D eigenvalue weighted by molar-refractivity contribution is 0.475. The van der Waals surface area contributed by atoms with Crippen molar-refractivity contribution in [2.45, 2.75) is 26.8 Å². The van der Waals surface area contributed by atoms with Crippen molar-refractivity contribution < 1.29 is 5.11 Å². The predicted octanol–water partition coefficient (Wildman–Crippen LogP) is 2.78. The largest absolute Gasteiger partial charge is 0.508 e. The van der Waals surface area contributed by atoms with Crippen LogP contribution in [0.15, 0.2) is 41.3 Å². The fourth-order valence-corrected chi connectivity index (χ4v) is 2.53. The van der Waals surface area contributed by atoms with E-state index in [1.165, 1.54) is 0 Å². The molecule has 21 heavy (non-hydrogen) atoms. The monoisotopic (exact) mass is 283 g/mol. The molecule has 0 aliphatic heterocycles. The van der Waals surface area contributed by atoms with Gasteiger partial charge >= 0.3 is 5.69 Å². The molecule has 0 bridgehead atoms. The molecular formula is C16H17N3O2. The summed E-state index contributed by atoms with van der Waals surface area (Å²) < 4.78 is 3.32. The van der Waals surface area contributed by atoms with E-state index in [1.807, 2.05) is 26.8 Å². The summed E-state index contributed by atoms with van der Waals surface area (Å²) in [4.78, 5) is 17.2. The van der Waals surface area contributed by atoms with E-state index in [1.54, 1.807) is 39.6 Å². The van der Waals surface area contributed by atoms with Crippen LogP contribution in [-0.2, 0) is 0 Å². The van der Waals surface area contributed by atoms with E-state index in [9.17, 15) is 9.90 Å². The second-order valence-corrected chi connectivity index (χ2v) is 5.45. The molecule has 3 aromatic rings. The molecule has 0 radical (unpaired) electrons. The zero-order valence-corrected chi connectivity index (χ0v) is 12.2. The molecule has 0 aliphatic carbocycles. The molecule has 0 unspecified atom stereocenters. The molecule has 0 spiro atoms. The van der Waals surface area contributed by atoms with Gasteiger partial charge in [0.1, 0.15) is 5.75 Å². The Morgan fingerprint density at radius 2 is 1.86 bits per heavy atom. The predicted molar refractivity (Wildman–Crippen MR) is 82.1 cm³/mol. The number of hydrogen-bond acceptors (Lipinski definition) is 3. The number of rotatable bonds is 2. The number of aromatic nitrogens is 3. The van der Waals surface area contributed by atoms with E-state index in [0.717, 1.165) is 11.1 Å². The Kier molecular flexibility index (Phi) is 3.05. The van der Waals surface area contributed by atoms with Crippen LogP contribution in [0.25, 0.3) is 16.9 Å². The van der Waals surface area contributed by atoms with Crippen molar-refractivity contribution in [3.05, 3.63) is 52.6 Å². The number of benzene rings is 1. The van der Waals surface area contributed by atoms with E-state index in [-0.39, 0.29) is 17.5 Å². The summed E-state index contributed by atoms with van der Waals surface area (Å²) in [5, 5.41) is 9.41. The lowest BCUT2D eigenvalue weighted by Gasteiger charge is -2.06. The summed E-state index contributed by atoms with van der Waals surface area (Å²) >= 11 is 0. The fourth-order valence-electron chi connectivity index (χ4n) is 2.53. The van der Waals surface area contributed by atoms with Crippen molar-refractivity contribution in [2.75, 3.05) is 0 Å². The topological polar surface area (TPSA) is 60.0 Å². The molecule has 0 saturated heterocycles. The molecule has 2 heterocycles. The maximum Gasteiger partial charge on any atom is 0.335 e. The third-order valence-corrected chi connectivity index (χ3v) is 3.48. The molecule has 3 rings (SSSR count). The molecule has 0 fully saturated rings. The molecule has 0 atom stereocenters. The number of imidazole rings is 1. The maximum atomic E-state index is 12.7. The summed E-state index contributed by atoms with van der Waals surface area (Å²) in [6.07, 6.45) is 1.75. The molecule has 0 amide bonds. The second-order valence-electron chi connectivity index (χ2n) is 5.45. The normalized spacial score (nSPS) is 11.4. The molecule has 2 aromatic heterocycles. The van der Waals surface area contributed by atoms with Crippen molar-refractivity contribution in [3.8, 4) is 11.4 Å². The van der Waals surface area contributed by atoms with Crippen molar-refractivity contribution in [2.24, 2.45) is 0 Å². The Hall–Kier alpha value is -2.56. The van der Waals surface area contributed by atoms with Gasteiger partial charge in [-0.25, -0.2) is 14.3 Å². The van der Waals surface area contributed by atoms with Gasteiger partial charge in [0.25, 0.3) is 0 Å². The number of aromatic hydroxyl groups is 1. The zero-order chi connectivity index (χ0) is 15.1. The van der Waals surface area contributed by atoms with E-state index < -0.39 is 0 Å². The highest BCUT2D eigenvalue weighted by atomic mass is 16.3. The van der Waals surface area contributed by atoms with Crippen LogP contribution in [-0.4, -0.2) is 19.2 Å². The Balaban J connectivity index is 2.40. The summed E-state index contributed by atoms with van der Waals surface area (Å²) in [6.45, 7) is 5.91. The van der Waals surface area contributed by atoms with Gasteiger partial charge in [0.05, 0.1) is 11.2 Å². The smallest absolute Gasteiger partial charge is 0.335 e. The average Bonchev–Trinajstić information content (AvgIpc) is 2.71. The molecule has 108 valence electrons. The zero-order valence-electron chi connectivity index (χ0n) is 12.2. The van der Waals surface area contributed by atoms with Gasteiger partial charge in [-0.05, 0) is 56.7 Å². The number of nitrogens with zero attached hydrogens (tertiary/aromatic N) is 3. The number of phenols is 1. The SMILES string of the molecule is Cc1cnc2c(c1)n(C(C)C)c(=O)n2-c1ccc(O)cc1. The minimum Gasteiger partial charge on any atom is -0.508 e. The highest BCUT2D eigenvalue weighted by Crippen LogP contribution is 2.21. The second kappa shape index (κ2) is 4.77. The summed E-state index contributed by atoms with van der Waals surface area (Å²) in [5.74, 6) is 0.170. The first-order chi connectivity index (χ1) is 9.99. The molecule has 5 heteroatoms. The summed E-state index contributed by atoms with van der Waals surface area (Å²) in [5.41, 5.74) is 3.04. The van der Waals surface area contributed by atoms with Crippen molar-refractivity contribution in [1.82, 2.24) is 14.1 Å². The van der Waals surface area contributed by atoms with Crippen molar-refractivity contribution in [1.29, 1.82) is 0 Å². The maximum absolute atomic E-state index is 12.7. The highest BCUT2D eigenvalue weighted by molar-refractivity contribution is 5.74. The van der Waals surface area contributed by atoms with Crippen LogP contribution in [0.5, 0.6) is 5.75 Å². The minimum absolute atomic E-state index is 0.0435. The number of aryl methyl sites for hydroxylation is 1. The van der Waals surface area contributed by atoms with Gasteiger partial charge in [-0.1, -0.05) is 0 Å². The molecule has 1 N–H and O–H groups in total. The standard InChI is InChI=1S/C16H17N3O2/c1-10(2)18-14-8-11(3)9-17-15(14)19(16(18)21)12-4-6-13(20)7-5-12/h4-10,20H,1-3H3. The van der Waals surface area contributed by atoms with Crippen molar-refractivity contribution in [3.63, 3.8) is 0 Å². The number of pyridine rings is 1. The fraction of sp³-hybridized carbons (Fsp3) is 0.250. The first kappa shape index (κ1) is 13.4. The van der Waals surface area contributed by atoms with Crippen molar-refractivity contribution >= 4 is 11.2 Å². The number of hydrogen-bond donors (Lipinski definition) is 1. The third-order valence-electron chi connectivity index (χ3n) is 3.48. The van der Waals surface area contributed by atoms with Gasteiger partial charge in [0.15, 0.2) is 5.65 Å². The first-order valence-corrected chi connectivity index (χ1v) is 6.88. The van der Waals surface area contributed by atoms with Gasteiger partial charge in [-0.3, -0.25) is 4.57 Å². The van der Waals surface area contributed by atoms with Crippen LogP contribution in [0.3, 0.4) is 0 Å². The molecule has 0 aliphatic rings. The van der Waals surface area contributed by atoms with Crippen LogP contribution in [0.1, 0.15) is 25.5 Å². The number of phenolic OH excluding ortho intramolecular Hbond substituents is 1. The highest BCUT2D eigenvalue weighted by Gasteiger charge is 2.17. The Morgan fingerprint density at radius 1 is 1.19 bits per heavy atom. The van der Waals surface area contributed by atoms with Gasteiger partial charge in [-0.2, -0.15) is 0 Å². The van der Waals surface area contributed by atoms with E-state index in [0.29, 0.717) is 11.3 Å². The van der Waals surface area contributed by atoms with E-state index >= 15 is 0 Å². The minimum atomic E-state index is -0.121. The summed E-state index contributed by atoms with van der Waals surface area (Å²) in [7, 11) is 0. The Labute approximate surface area is 122 Å². The lowest BCUT2D eigenvalue weighted by atomic mass is 10.3. The van der Waals surface area contributed by atoms with Gasteiger partial charge in [0.2, 0.25) is 0 Å². The van der Waals surface area contributed by atoms with Crippen LogP contribution in [0.4, 0.5) is 0 Å². The Morgan fingerprint density at radius 3 is 2.48 bits per heavy atom. The van der Waals surface area contributed by atoms with Gasteiger partial charge < -0.3 is 5.11 Å². The van der Waals surface area contributed by atoms with E-state index in [2.05, 4.69) is 4.98 Å². The first-order valence-electron chi connectivity index (χ1n) is 6.88. The van der Waals surface area contributed by atoms with E-state index in [4.69, 9.17) is 0 Å². The molecular weight excluding hydrogens is 266 g/mol. The number of fused-ring (bicyclic) bond motifs is 1.